The fourth-order valence-electron chi connectivity index (χ4n) is 1.74. The molecule has 1 heterocycles. The molecule has 0 saturated carbocycles. The van der Waals surface area contributed by atoms with Gasteiger partial charge in [-0.25, -0.2) is 9.97 Å². The van der Waals surface area contributed by atoms with Crippen molar-refractivity contribution in [2.75, 3.05) is 18.2 Å². The van der Waals surface area contributed by atoms with E-state index < -0.39 is 5.25 Å². The van der Waals surface area contributed by atoms with Crippen LogP contribution in [0, 0.1) is 11.3 Å². The van der Waals surface area contributed by atoms with Gasteiger partial charge in [0.2, 0.25) is 5.91 Å². The van der Waals surface area contributed by atoms with Crippen LogP contribution in [-0.4, -0.2) is 28.2 Å². The highest BCUT2D eigenvalue weighted by Gasteiger charge is 2.18. The molecule has 9 heteroatoms. The van der Waals surface area contributed by atoms with Crippen molar-refractivity contribution < 1.29 is 9.53 Å². The molecule has 0 aliphatic carbocycles. The van der Waals surface area contributed by atoms with Gasteiger partial charge in [0.05, 0.1) is 24.2 Å². The second kappa shape index (κ2) is 7.86. The Morgan fingerprint density at radius 3 is 2.92 bits per heavy atom. The molecule has 0 aliphatic heterocycles. The lowest BCUT2D eigenvalue weighted by molar-refractivity contribution is -0.115. The van der Waals surface area contributed by atoms with Gasteiger partial charge in [0.25, 0.3) is 0 Å². The summed E-state index contributed by atoms with van der Waals surface area (Å²) in [6.45, 7) is 1.70. The Hall–Kier alpha value is -2.50. The summed E-state index contributed by atoms with van der Waals surface area (Å²) in [5.74, 6) is 0.315. The third-order valence-corrected chi connectivity index (χ3v) is 4.20. The number of hydrogen-bond acceptors (Lipinski definition) is 7. The number of anilines is 2. The van der Waals surface area contributed by atoms with Crippen LogP contribution in [0.1, 0.15) is 12.5 Å². The Bertz CT molecular complexity index is 809. The predicted octanol–water partition coefficient (Wildman–Crippen LogP) is 2.71. The largest absolute Gasteiger partial charge is 0.495 e. The highest BCUT2D eigenvalue weighted by Crippen LogP contribution is 2.29. The molecule has 0 spiro atoms. The smallest absolute Gasteiger partial charge is 0.237 e. The molecule has 0 bridgehead atoms. The number of thioether (sulfide) groups is 1. The van der Waals surface area contributed by atoms with E-state index in [1.54, 1.807) is 25.1 Å². The topological polar surface area (TPSA) is 114 Å². The number of methoxy groups -OCH3 is 1. The summed E-state index contributed by atoms with van der Waals surface area (Å²) in [6.07, 6.45) is 1.33. The number of aromatic nitrogens is 2. The van der Waals surface area contributed by atoms with E-state index in [9.17, 15) is 4.79 Å². The van der Waals surface area contributed by atoms with E-state index in [-0.39, 0.29) is 17.3 Å². The second-order valence-corrected chi connectivity index (χ2v) is 6.40. The normalized spacial score (nSPS) is 11.4. The van der Waals surface area contributed by atoms with Crippen molar-refractivity contribution in [3.05, 3.63) is 35.0 Å². The molecular weight excluding hydrogens is 350 g/mol. The second-order valence-electron chi connectivity index (χ2n) is 4.66. The van der Waals surface area contributed by atoms with Gasteiger partial charge in [-0.3, -0.25) is 4.79 Å². The van der Waals surface area contributed by atoms with Crippen LogP contribution in [0.15, 0.2) is 29.6 Å². The first-order valence-electron chi connectivity index (χ1n) is 6.78. The monoisotopic (exact) mass is 363 g/mol. The number of rotatable bonds is 5. The van der Waals surface area contributed by atoms with Crippen LogP contribution in [-0.2, 0) is 4.79 Å². The molecular formula is C15H14ClN5O2S. The van der Waals surface area contributed by atoms with E-state index in [0.717, 1.165) is 11.8 Å². The van der Waals surface area contributed by atoms with Gasteiger partial charge in [0, 0.05) is 5.02 Å². The highest BCUT2D eigenvalue weighted by molar-refractivity contribution is 8.00. The number of halogens is 1. The number of nitrogens with zero attached hydrogens (tertiary/aromatic N) is 3. The van der Waals surface area contributed by atoms with Gasteiger partial charge in [-0.15, -0.1) is 0 Å². The van der Waals surface area contributed by atoms with Gasteiger partial charge < -0.3 is 15.8 Å². The van der Waals surface area contributed by atoms with Gasteiger partial charge >= 0.3 is 0 Å². The maximum absolute atomic E-state index is 12.3. The van der Waals surface area contributed by atoms with Gasteiger partial charge in [-0.2, -0.15) is 5.26 Å². The quantitative estimate of drug-likeness (QED) is 0.620. The first-order chi connectivity index (χ1) is 11.4. The highest BCUT2D eigenvalue weighted by atomic mass is 35.5. The number of carbonyl (C=O) groups excluding carboxylic acids is 1. The van der Waals surface area contributed by atoms with Crippen LogP contribution in [0.5, 0.6) is 5.75 Å². The maximum Gasteiger partial charge on any atom is 0.237 e. The van der Waals surface area contributed by atoms with Crippen LogP contribution in [0.2, 0.25) is 5.02 Å². The zero-order valence-electron chi connectivity index (χ0n) is 12.9. The van der Waals surface area contributed by atoms with Crippen molar-refractivity contribution in [3.8, 4) is 11.8 Å². The van der Waals surface area contributed by atoms with Crippen molar-refractivity contribution in [3.63, 3.8) is 0 Å². The minimum Gasteiger partial charge on any atom is -0.495 e. The predicted molar refractivity (Wildman–Crippen MR) is 93.1 cm³/mol. The van der Waals surface area contributed by atoms with E-state index in [4.69, 9.17) is 27.3 Å². The lowest BCUT2D eigenvalue weighted by atomic mass is 10.3. The number of amides is 1. The van der Waals surface area contributed by atoms with Crippen LogP contribution in [0.25, 0.3) is 0 Å². The van der Waals surface area contributed by atoms with Crippen LogP contribution < -0.4 is 15.8 Å². The number of nitrogens with one attached hydrogen (secondary N) is 1. The van der Waals surface area contributed by atoms with Crippen molar-refractivity contribution in [1.82, 2.24) is 9.97 Å². The average Bonchev–Trinajstić information content (AvgIpc) is 2.55. The first-order valence-corrected chi connectivity index (χ1v) is 8.04. The number of nitriles is 1. The zero-order valence-corrected chi connectivity index (χ0v) is 14.5. The molecule has 1 aromatic heterocycles. The molecule has 24 heavy (non-hydrogen) atoms. The Balaban J connectivity index is 2.09. The van der Waals surface area contributed by atoms with E-state index in [2.05, 4.69) is 15.3 Å². The minimum absolute atomic E-state index is 0.0825. The molecule has 7 nitrogen and oxygen atoms in total. The van der Waals surface area contributed by atoms with E-state index in [1.807, 2.05) is 6.07 Å². The molecule has 0 saturated heterocycles. The Morgan fingerprint density at radius 1 is 1.54 bits per heavy atom. The lowest BCUT2D eigenvalue weighted by Gasteiger charge is -2.14. The number of hydrogen-bond donors (Lipinski definition) is 2. The molecule has 1 aromatic carbocycles. The van der Waals surface area contributed by atoms with Gasteiger partial charge in [0.15, 0.2) is 5.16 Å². The standard InChI is InChI=1S/C15H14ClN5O2S/c1-8(24-15-19-7-9(6-17)13(18)21-15)14(22)20-11-5-10(16)3-4-12(11)23-2/h3-5,7-8H,1-2H3,(H,20,22)(H2,18,19,21). The van der Waals surface area contributed by atoms with E-state index in [1.165, 1.54) is 13.3 Å². The average molecular weight is 364 g/mol. The molecule has 0 aliphatic rings. The molecule has 2 rings (SSSR count). The Kier molecular flexibility index (Phi) is 5.84. The summed E-state index contributed by atoms with van der Waals surface area (Å²) >= 11 is 7.06. The Morgan fingerprint density at radius 2 is 2.29 bits per heavy atom. The van der Waals surface area contributed by atoms with Crippen molar-refractivity contribution in [2.24, 2.45) is 0 Å². The number of nitrogens with two attached hydrogens (primary N) is 1. The van der Waals surface area contributed by atoms with Crippen molar-refractivity contribution in [2.45, 2.75) is 17.3 Å². The molecule has 2 aromatic rings. The Labute approximate surface area is 148 Å². The summed E-state index contributed by atoms with van der Waals surface area (Å²) < 4.78 is 5.19. The summed E-state index contributed by atoms with van der Waals surface area (Å²) in [5.41, 5.74) is 6.31. The molecule has 3 N–H and O–H groups in total. The zero-order chi connectivity index (χ0) is 17.7. The maximum atomic E-state index is 12.3. The van der Waals surface area contributed by atoms with Crippen molar-refractivity contribution in [1.29, 1.82) is 5.26 Å². The molecule has 0 fully saturated rings. The molecule has 0 radical (unpaired) electrons. The lowest BCUT2D eigenvalue weighted by Crippen LogP contribution is -2.23. The minimum atomic E-state index is -0.499. The summed E-state index contributed by atoms with van der Waals surface area (Å²) in [6, 6.07) is 6.82. The third-order valence-electron chi connectivity index (χ3n) is 2.99. The van der Waals surface area contributed by atoms with E-state index in [0.29, 0.717) is 21.6 Å². The number of benzene rings is 1. The summed E-state index contributed by atoms with van der Waals surface area (Å²) in [4.78, 5) is 20.3. The SMILES string of the molecule is COc1ccc(Cl)cc1NC(=O)C(C)Sc1ncc(C#N)c(N)n1. The molecule has 1 atom stereocenters. The van der Waals surface area contributed by atoms with Crippen LogP contribution >= 0.6 is 23.4 Å². The fourth-order valence-corrected chi connectivity index (χ4v) is 2.66. The van der Waals surface area contributed by atoms with Crippen LogP contribution in [0.4, 0.5) is 11.5 Å². The fraction of sp³-hybridized carbons (Fsp3) is 0.200. The van der Waals surface area contributed by atoms with Gasteiger partial charge in [0.1, 0.15) is 23.2 Å². The summed E-state index contributed by atoms with van der Waals surface area (Å²) in [5, 5.41) is 11.9. The molecule has 124 valence electrons. The molecule has 1 amide bonds. The first kappa shape index (κ1) is 17.8. The molecule has 1 unspecified atom stereocenters. The van der Waals surface area contributed by atoms with Gasteiger partial charge in [-0.05, 0) is 25.1 Å². The third kappa shape index (κ3) is 4.28. The van der Waals surface area contributed by atoms with E-state index >= 15 is 0 Å². The van der Waals surface area contributed by atoms with Gasteiger partial charge in [-0.1, -0.05) is 23.4 Å². The number of ether oxygens (including phenoxy) is 1. The van der Waals surface area contributed by atoms with Crippen molar-refractivity contribution >= 4 is 40.8 Å². The number of carbonyl (C=O) groups is 1. The van der Waals surface area contributed by atoms with Crippen LogP contribution in [0.3, 0.4) is 0 Å². The summed E-state index contributed by atoms with van der Waals surface area (Å²) in [7, 11) is 1.50. The number of nitrogen functional groups attached to an aromatic ring is 1.